The lowest BCUT2D eigenvalue weighted by Gasteiger charge is -2.20. The first-order chi connectivity index (χ1) is 12.5. The number of esters is 2. The third-order valence-corrected chi connectivity index (χ3v) is 4.56. The molecule has 0 N–H and O–H groups in total. The molecule has 0 saturated carbocycles. The largest absolute Gasteiger partial charge is 0.462 e. The minimum atomic E-state index is -0.207. The highest BCUT2D eigenvalue weighted by Gasteiger charge is 2.22. The maximum absolute atomic E-state index is 12.3. The second-order valence-corrected chi connectivity index (χ2v) is 7.09. The highest BCUT2D eigenvalue weighted by molar-refractivity contribution is 5.73. The van der Waals surface area contributed by atoms with Gasteiger partial charge < -0.3 is 9.47 Å². The van der Waals surface area contributed by atoms with Crippen LogP contribution in [0.15, 0.2) is 30.3 Å². The van der Waals surface area contributed by atoms with Crippen LogP contribution in [-0.4, -0.2) is 18.0 Å². The van der Waals surface area contributed by atoms with Crippen molar-refractivity contribution < 1.29 is 19.1 Å². The van der Waals surface area contributed by atoms with Crippen LogP contribution < -0.4 is 0 Å². The normalized spacial score (nSPS) is 13.3. The van der Waals surface area contributed by atoms with Crippen molar-refractivity contribution in [2.24, 2.45) is 11.8 Å². The summed E-state index contributed by atoms with van der Waals surface area (Å²) in [6, 6.07) is 9.65. The van der Waals surface area contributed by atoms with Gasteiger partial charge in [-0.05, 0) is 38.2 Å². The lowest BCUT2D eigenvalue weighted by atomic mass is 9.98. The monoisotopic (exact) mass is 362 g/mol. The maximum atomic E-state index is 12.3. The molecule has 0 saturated heterocycles. The van der Waals surface area contributed by atoms with Crippen molar-refractivity contribution in [2.75, 3.05) is 0 Å². The summed E-state index contributed by atoms with van der Waals surface area (Å²) in [6.07, 6.45) is 4.86. The van der Waals surface area contributed by atoms with Crippen LogP contribution in [0.1, 0.15) is 71.8 Å². The van der Waals surface area contributed by atoms with Crippen molar-refractivity contribution in [1.29, 1.82) is 0 Å². The molecule has 4 heteroatoms. The minimum absolute atomic E-state index is 0.000658. The van der Waals surface area contributed by atoms with E-state index >= 15 is 0 Å². The summed E-state index contributed by atoms with van der Waals surface area (Å²) in [5, 5.41) is 0. The van der Waals surface area contributed by atoms with E-state index in [0.29, 0.717) is 19.4 Å². The molecule has 146 valence electrons. The number of hydrogen-bond donors (Lipinski definition) is 0. The van der Waals surface area contributed by atoms with Gasteiger partial charge in [0.25, 0.3) is 0 Å². The summed E-state index contributed by atoms with van der Waals surface area (Å²) in [5.74, 6) is -0.509. The lowest BCUT2D eigenvalue weighted by molar-refractivity contribution is -0.154. The van der Waals surface area contributed by atoms with E-state index in [9.17, 15) is 9.59 Å². The summed E-state index contributed by atoms with van der Waals surface area (Å²) < 4.78 is 10.9. The average molecular weight is 363 g/mol. The SMILES string of the molecule is CCCC(CCC)C(=O)O[C@@H](C)CC[C@@H](C)C(=O)OCc1ccccc1. The first-order valence-electron chi connectivity index (χ1n) is 9.88. The molecule has 0 fully saturated rings. The summed E-state index contributed by atoms with van der Waals surface area (Å²) in [7, 11) is 0. The molecule has 0 aliphatic carbocycles. The molecule has 0 spiro atoms. The van der Waals surface area contributed by atoms with Crippen LogP contribution in [0.25, 0.3) is 0 Å². The van der Waals surface area contributed by atoms with Gasteiger partial charge in [-0.25, -0.2) is 0 Å². The maximum Gasteiger partial charge on any atom is 0.309 e. The Morgan fingerprint density at radius 3 is 2.08 bits per heavy atom. The summed E-state index contributed by atoms with van der Waals surface area (Å²) in [5.41, 5.74) is 0.980. The minimum Gasteiger partial charge on any atom is -0.462 e. The molecule has 0 amide bonds. The van der Waals surface area contributed by atoms with E-state index < -0.39 is 0 Å². The molecule has 4 nitrogen and oxygen atoms in total. The van der Waals surface area contributed by atoms with E-state index in [4.69, 9.17) is 9.47 Å². The molecule has 1 rings (SSSR count). The van der Waals surface area contributed by atoms with Crippen LogP contribution in [-0.2, 0) is 25.7 Å². The predicted molar refractivity (Wildman–Crippen MR) is 103 cm³/mol. The Morgan fingerprint density at radius 1 is 0.885 bits per heavy atom. The molecular formula is C22H34O4. The van der Waals surface area contributed by atoms with Gasteiger partial charge in [-0.2, -0.15) is 0 Å². The Balaban J connectivity index is 2.32. The van der Waals surface area contributed by atoms with E-state index in [1.807, 2.05) is 44.2 Å². The van der Waals surface area contributed by atoms with Gasteiger partial charge in [-0.1, -0.05) is 63.9 Å². The van der Waals surface area contributed by atoms with Crippen LogP contribution in [0.2, 0.25) is 0 Å². The first-order valence-corrected chi connectivity index (χ1v) is 9.88. The van der Waals surface area contributed by atoms with E-state index in [-0.39, 0.29) is 29.9 Å². The van der Waals surface area contributed by atoms with Crippen LogP contribution in [0, 0.1) is 11.8 Å². The van der Waals surface area contributed by atoms with E-state index in [2.05, 4.69) is 13.8 Å². The Labute approximate surface area is 158 Å². The number of ether oxygens (including phenoxy) is 2. The summed E-state index contributed by atoms with van der Waals surface area (Å²) >= 11 is 0. The Bertz CT molecular complexity index is 520. The standard InChI is InChI=1S/C22H34O4/c1-5-10-20(11-6-2)22(24)26-18(4)15-14-17(3)21(23)25-16-19-12-8-7-9-13-19/h7-9,12-13,17-18,20H,5-6,10-11,14-16H2,1-4H3/t17-,18+/m1/s1. The van der Waals surface area contributed by atoms with Crippen LogP contribution >= 0.6 is 0 Å². The van der Waals surface area contributed by atoms with Crippen molar-refractivity contribution in [3.05, 3.63) is 35.9 Å². The Hall–Kier alpha value is -1.84. The Kier molecular flexibility index (Phi) is 10.7. The molecule has 1 aromatic carbocycles. The van der Waals surface area contributed by atoms with Crippen molar-refractivity contribution in [2.45, 2.75) is 78.9 Å². The van der Waals surface area contributed by atoms with E-state index in [1.165, 1.54) is 0 Å². The first kappa shape index (κ1) is 22.2. The predicted octanol–water partition coefficient (Wildman–Crippen LogP) is 5.29. The molecule has 26 heavy (non-hydrogen) atoms. The molecule has 0 bridgehead atoms. The van der Waals surface area contributed by atoms with E-state index in [1.54, 1.807) is 0 Å². The molecule has 0 heterocycles. The van der Waals surface area contributed by atoms with Crippen LogP contribution in [0.5, 0.6) is 0 Å². The third kappa shape index (κ3) is 8.50. The second-order valence-electron chi connectivity index (χ2n) is 7.09. The van der Waals surface area contributed by atoms with Crippen molar-refractivity contribution in [1.82, 2.24) is 0 Å². The number of hydrogen-bond acceptors (Lipinski definition) is 4. The van der Waals surface area contributed by atoms with Gasteiger partial charge >= 0.3 is 11.9 Å². The third-order valence-electron chi connectivity index (χ3n) is 4.56. The average Bonchev–Trinajstić information content (AvgIpc) is 2.64. The molecule has 0 aliphatic heterocycles. The van der Waals surface area contributed by atoms with Crippen LogP contribution in [0.3, 0.4) is 0 Å². The van der Waals surface area contributed by atoms with Gasteiger partial charge in [0, 0.05) is 0 Å². The summed E-state index contributed by atoms with van der Waals surface area (Å²) in [6.45, 7) is 8.22. The molecule has 2 atom stereocenters. The highest BCUT2D eigenvalue weighted by atomic mass is 16.5. The number of carbonyl (C=O) groups is 2. The van der Waals surface area contributed by atoms with Gasteiger partial charge in [0.15, 0.2) is 0 Å². The van der Waals surface area contributed by atoms with E-state index in [0.717, 1.165) is 31.2 Å². The topological polar surface area (TPSA) is 52.6 Å². The van der Waals surface area contributed by atoms with Gasteiger partial charge in [-0.3, -0.25) is 9.59 Å². The second kappa shape index (κ2) is 12.5. The number of rotatable bonds is 12. The lowest BCUT2D eigenvalue weighted by Crippen LogP contribution is -2.24. The van der Waals surface area contributed by atoms with Crippen molar-refractivity contribution in [3.63, 3.8) is 0 Å². The summed E-state index contributed by atoms with van der Waals surface area (Å²) in [4.78, 5) is 24.4. The van der Waals surface area contributed by atoms with Crippen molar-refractivity contribution in [3.8, 4) is 0 Å². The Morgan fingerprint density at radius 2 is 1.50 bits per heavy atom. The fourth-order valence-electron chi connectivity index (χ4n) is 2.90. The zero-order valence-corrected chi connectivity index (χ0v) is 16.7. The van der Waals surface area contributed by atoms with Crippen LogP contribution in [0.4, 0.5) is 0 Å². The quantitative estimate of drug-likeness (QED) is 0.474. The zero-order chi connectivity index (χ0) is 19.4. The zero-order valence-electron chi connectivity index (χ0n) is 16.7. The fourth-order valence-corrected chi connectivity index (χ4v) is 2.90. The fraction of sp³-hybridized carbons (Fsp3) is 0.636. The molecule has 1 aromatic rings. The molecule has 0 unspecified atom stereocenters. The smallest absolute Gasteiger partial charge is 0.309 e. The van der Waals surface area contributed by atoms with Gasteiger partial charge in [0.2, 0.25) is 0 Å². The van der Waals surface area contributed by atoms with Crippen molar-refractivity contribution >= 4 is 11.9 Å². The molecule has 0 aromatic heterocycles. The van der Waals surface area contributed by atoms with Gasteiger partial charge in [0.05, 0.1) is 17.9 Å². The molecule has 0 radical (unpaired) electrons. The number of carbonyl (C=O) groups excluding carboxylic acids is 2. The van der Waals surface area contributed by atoms with Gasteiger partial charge in [-0.15, -0.1) is 0 Å². The van der Waals surface area contributed by atoms with Gasteiger partial charge in [0.1, 0.15) is 6.61 Å². The molecular weight excluding hydrogens is 328 g/mol. The highest BCUT2D eigenvalue weighted by Crippen LogP contribution is 2.19. The number of benzene rings is 1. The molecule has 0 aliphatic rings.